The molecule has 7 heteroatoms. The van der Waals surface area contributed by atoms with Crippen molar-refractivity contribution in [1.82, 2.24) is 24.5 Å². The van der Waals surface area contributed by atoms with Crippen LogP contribution in [0.2, 0.25) is 0 Å². The molecule has 0 aliphatic carbocycles. The summed E-state index contributed by atoms with van der Waals surface area (Å²) in [5, 5.41) is 3.94. The highest BCUT2D eigenvalue weighted by Gasteiger charge is 2.22. The molecule has 0 bridgehead atoms. The van der Waals surface area contributed by atoms with E-state index in [9.17, 15) is 4.79 Å². The third-order valence-electron chi connectivity index (χ3n) is 4.96. The van der Waals surface area contributed by atoms with E-state index in [1.165, 1.54) is 0 Å². The van der Waals surface area contributed by atoms with E-state index in [4.69, 9.17) is 4.52 Å². The molecule has 0 radical (unpaired) electrons. The largest absolute Gasteiger partial charge is 0.361 e. The zero-order valence-corrected chi connectivity index (χ0v) is 15.4. The van der Waals surface area contributed by atoms with Gasteiger partial charge in [-0.1, -0.05) is 5.16 Å². The van der Waals surface area contributed by atoms with E-state index in [-0.39, 0.29) is 5.91 Å². The summed E-state index contributed by atoms with van der Waals surface area (Å²) in [6, 6.07) is 0. The number of amides is 1. The highest BCUT2D eigenvalue weighted by atomic mass is 16.5. The molecule has 2 aromatic rings. The molecule has 3 heterocycles. The topological polar surface area (TPSA) is 67.4 Å². The number of rotatable bonds is 5. The lowest BCUT2D eigenvalue weighted by molar-refractivity contribution is -0.130. The van der Waals surface area contributed by atoms with E-state index in [2.05, 4.69) is 26.5 Å². The monoisotopic (exact) mass is 345 g/mol. The van der Waals surface area contributed by atoms with Crippen LogP contribution >= 0.6 is 0 Å². The standard InChI is InChI=1S/C18H27N5O2/c1-4-22-9-6-19-17(22)13-21-7-5-8-23(11-10-21)18(24)12-16-14(2)20-25-15(16)3/h6,9H,4-5,7-8,10-13H2,1-3H3. The molecule has 1 fully saturated rings. The number of carbonyl (C=O) groups excluding carboxylic acids is 1. The van der Waals surface area contributed by atoms with Gasteiger partial charge in [0.15, 0.2) is 0 Å². The first-order chi connectivity index (χ1) is 12.1. The zero-order chi connectivity index (χ0) is 17.8. The molecule has 7 nitrogen and oxygen atoms in total. The molecule has 0 saturated carbocycles. The van der Waals surface area contributed by atoms with Crippen LogP contribution in [0.25, 0.3) is 0 Å². The normalized spacial score (nSPS) is 16.2. The molecule has 1 aliphatic heterocycles. The summed E-state index contributed by atoms with van der Waals surface area (Å²) in [4.78, 5) is 21.5. The van der Waals surface area contributed by atoms with Gasteiger partial charge in [-0.2, -0.15) is 0 Å². The third-order valence-corrected chi connectivity index (χ3v) is 4.96. The van der Waals surface area contributed by atoms with Crippen molar-refractivity contribution in [3.05, 3.63) is 35.2 Å². The van der Waals surface area contributed by atoms with Gasteiger partial charge in [0.1, 0.15) is 11.6 Å². The molecule has 0 atom stereocenters. The molecule has 3 rings (SSSR count). The van der Waals surface area contributed by atoms with Crippen molar-refractivity contribution in [3.8, 4) is 0 Å². The minimum atomic E-state index is 0.159. The molecule has 1 amide bonds. The molecule has 136 valence electrons. The number of hydrogen-bond acceptors (Lipinski definition) is 5. The number of nitrogens with zero attached hydrogens (tertiary/aromatic N) is 5. The van der Waals surface area contributed by atoms with Gasteiger partial charge in [-0.05, 0) is 27.2 Å². The molecule has 1 aliphatic rings. The Morgan fingerprint density at radius 3 is 2.80 bits per heavy atom. The van der Waals surface area contributed by atoms with Crippen LogP contribution in [0.15, 0.2) is 16.9 Å². The molecule has 0 N–H and O–H groups in total. The van der Waals surface area contributed by atoms with Crippen molar-refractivity contribution >= 4 is 5.91 Å². The highest BCUT2D eigenvalue weighted by molar-refractivity contribution is 5.79. The van der Waals surface area contributed by atoms with Crippen molar-refractivity contribution in [3.63, 3.8) is 0 Å². The lowest BCUT2D eigenvalue weighted by atomic mass is 10.1. The van der Waals surface area contributed by atoms with Crippen LogP contribution in [0.5, 0.6) is 0 Å². The summed E-state index contributed by atoms with van der Waals surface area (Å²) in [7, 11) is 0. The summed E-state index contributed by atoms with van der Waals surface area (Å²) in [6.07, 6.45) is 5.24. The van der Waals surface area contributed by atoms with Crippen LogP contribution in [0.1, 0.15) is 36.2 Å². The smallest absolute Gasteiger partial charge is 0.227 e. The molecule has 0 aromatic carbocycles. The van der Waals surface area contributed by atoms with Crippen molar-refractivity contribution in [2.24, 2.45) is 0 Å². The second kappa shape index (κ2) is 7.82. The molecule has 0 unspecified atom stereocenters. The Morgan fingerprint density at radius 1 is 1.24 bits per heavy atom. The van der Waals surface area contributed by atoms with Crippen LogP contribution in [0.3, 0.4) is 0 Å². The number of aryl methyl sites for hydroxylation is 3. The Hall–Kier alpha value is -2.15. The quantitative estimate of drug-likeness (QED) is 0.826. The Bertz CT molecular complexity index is 701. The Kier molecular flexibility index (Phi) is 5.53. The van der Waals surface area contributed by atoms with Crippen LogP contribution < -0.4 is 0 Å². The van der Waals surface area contributed by atoms with Gasteiger partial charge in [0.05, 0.1) is 18.7 Å². The molecular formula is C18H27N5O2. The highest BCUT2D eigenvalue weighted by Crippen LogP contribution is 2.15. The van der Waals surface area contributed by atoms with Gasteiger partial charge in [-0.3, -0.25) is 9.69 Å². The molecule has 2 aromatic heterocycles. The number of imidazole rings is 1. The fourth-order valence-corrected chi connectivity index (χ4v) is 3.38. The van der Waals surface area contributed by atoms with Gasteiger partial charge in [-0.15, -0.1) is 0 Å². The average Bonchev–Trinajstić information content (AvgIpc) is 3.08. The van der Waals surface area contributed by atoms with Gasteiger partial charge in [0.25, 0.3) is 0 Å². The third kappa shape index (κ3) is 4.10. The maximum atomic E-state index is 12.7. The Morgan fingerprint density at radius 2 is 2.08 bits per heavy atom. The fraction of sp³-hybridized carbons (Fsp3) is 0.611. The van der Waals surface area contributed by atoms with Crippen molar-refractivity contribution in [2.75, 3.05) is 26.2 Å². The average molecular weight is 345 g/mol. The Labute approximate surface area is 148 Å². The zero-order valence-electron chi connectivity index (χ0n) is 15.4. The molecule has 25 heavy (non-hydrogen) atoms. The van der Waals surface area contributed by atoms with Crippen molar-refractivity contribution < 1.29 is 9.32 Å². The predicted octanol–water partition coefficient (Wildman–Crippen LogP) is 1.78. The van der Waals surface area contributed by atoms with Crippen LogP contribution in [-0.4, -0.2) is 56.6 Å². The maximum absolute atomic E-state index is 12.7. The lowest BCUT2D eigenvalue weighted by Gasteiger charge is -2.22. The van der Waals surface area contributed by atoms with Gasteiger partial charge in [0, 0.05) is 50.7 Å². The predicted molar refractivity (Wildman–Crippen MR) is 94.1 cm³/mol. The lowest BCUT2D eigenvalue weighted by Crippen LogP contribution is -2.36. The van der Waals surface area contributed by atoms with E-state index in [0.29, 0.717) is 6.42 Å². The minimum Gasteiger partial charge on any atom is -0.361 e. The van der Waals surface area contributed by atoms with E-state index in [0.717, 1.165) is 68.5 Å². The first-order valence-electron chi connectivity index (χ1n) is 9.00. The van der Waals surface area contributed by atoms with E-state index in [1.807, 2.05) is 31.1 Å². The van der Waals surface area contributed by atoms with Crippen molar-refractivity contribution in [2.45, 2.75) is 46.7 Å². The number of aromatic nitrogens is 3. The summed E-state index contributed by atoms with van der Waals surface area (Å²) in [5.74, 6) is 2.00. The number of carbonyl (C=O) groups is 1. The summed E-state index contributed by atoms with van der Waals surface area (Å²) in [5.41, 5.74) is 1.74. The summed E-state index contributed by atoms with van der Waals surface area (Å²) >= 11 is 0. The minimum absolute atomic E-state index is 0.159. The van der Waals surface area contributed by atoms with Gasteiger partial charge in [0.2, 0.25) is 5.91 Å². The van der Waals surface area contributed by atoms with Crippen LogP contribution in [-0.2, 0) is 24.3 Å². The second-order valence-corrected chi connectivity index (χ2v) is 6.62. The van der Waals surface area contributed by atoms with Gasteiger partial charge in [-0.25, -0.2) is 4.98 Å². The fourth-order valence-electron chi connectivity index (χ4n) is 3.38. The summed E-state index contributed by atoms with van der Waals surface area (Å²) in [6.45, 7) is 11.1. The maximum Gasteiger partial charge on any atom is 0.227 e. The van der Waals surface area contributed by atoms with E-state index >= 15 is 0 Å². The van der Waals surface area contributed by atoms with Crippen LogP contribution in [0, 0.1) is 13.8 Å². The molecular weight excluding hydrogens is 318 g/mol. The first-order valence-corrected chi connectivity index (χ1v) is 9.00. The molecule has 0 spiro atoms. The summed E-state index contributed by atoms with van der Waals surface area (Å²) < 4.78 is 7.34. The number of hydrogen-bond donors (Lipinski definition) is 0. The first kappa shape index (κ1) is 17.7. The SMILES string of the molecule is CCn1ccnc1CN1CCCN(C(=O)Cc2c(C)noc2C)CC1. The van der Waals surface area contributed by atoms with E-state index < -0.39 is 0 Å². The van der Waals surface area contributed by atoms with Crippen LogP contribution in [0.4, 0.5) is 0 Å². The van der Waals surface area contributed by atoms with Crippen molar-refractivity contribution in [1.29, 1.82) is 0 Å². The molecule has 1 saturated heterocycles. The van der Waals surface area contributed by atoms with Gasteiger partial charge >= 0.3 is 0 Å². The second-order valence-electron chi connectivity index (χ2n) is 6.62. The van der Waals surface area contributed by atoms with Gasteiger partial charge < -0.3 is 14.0 Å². The van der Waals surface area contributed by atoms with E-state index in [1.54, 1.807) is 0 Å². The Balaban J connectivity index is 1.57.